The predicted octanol–water partition coefficient (Wildman–Crippen LogP) is 4.95. The van der Waals surface area contributed by atoms with Crippen LogP contribution >= 0.6 is 23.4 Å². The molecule has 1 atom stereocenters. The summed E-state index contributed by atoms with van der Waals surface area (Å²) in [6.07, 6.45) is 3.63. The molecule has 0 spiro atoms. The number of benzene rings is 2. The van der Waals surface area contributed by atoms with Gasteiger partial charge in [0, 0.05) is 28.8 Å². The standard InChI is InChI=1S/C19H18ClN3OS/c1-13-8-9-15(20)12-17(13)22-18(24)14(2)25-19-21-10-11-23(19)16-6-4-3-5-7-16/h3-12,14H,1-2H3,(H,22,24)/t14-/m1/s1. The number of nitrogens with one attached hydrogen (secondary N) is 1. The van der Waals surface area contributed by atoms with Gasteiger partial charge >= 0.3 is 0 Å². The van der Waals surface area contributed by atoms with Crippen LogP contribution in [0.3, 0.4) is 0 Å². The molecule has 25 heavy (non-hydrogen) atoms. The van der Waals surface area contributed by atoms with Gasteiger partial charge < -0.3 is 5.32 Å². The van der Waals surface area contributed by atoms with Crippen LogP contribution in [0.2, 0.25) is 5.02 Å². The van der Waals surface area contributed by atoms with E-state index < -0.39 is 0 Å². The summed E-state index contributed by atoms with van der Waals surface area (Å²) in [7, 11) is 0. The number of anilines is 1. The van der Waals surface area contributed by atoms with Crippen LogP contribution in [0.25, 0.3) is 5.69 Å². The molecule has 0 saturated carbocycles. The van der Waals surface area contributed by atoms with E-state index in [9.17, 15) is 4.79 Å². The van der Waals surface area contributed by atoms with Gasteiger partial charge in [-0.05, 0) is 43.7 Å². The number of rotatable bonds is 5. The second-order valence-corrected chi connectivity index (χ2v) is 7.37. The summed E-state index contributed by atoms with van der Waals surface area (Å²) in [5.74, 6) is -0.0852. The van der Waals surface area contributed by atoms with Gasteiger partial charge in [0.2, 0.25) is 5.91 Å². The van der Waals surface area contributed by atoms with Gasteiger partial charge in [-0.3, -0.25) is 9.36 Å². The Balaban J connectivity index is 1.73. The fourth-order valence-corrected chi connectivity index (χ4v) is 3.39. The average molecular weight is 372 g/mol. The van der Waals surface area contributed by atoms with Crippen molar-refractivity contribution in [1.29, 1.82) is 0 Å². The molecule has 1 N–H and O–H groups in total. The molecule has 3 aromatic rings. The number of para-hydroxylation sites is 1. The topological polar surface area (TPSA) is 46.9 Å². The molecule has 0 aliphatic carbocycles. The van der Waals surface area contributed by atoms with Crippen molar-refractivity contribution in [1.82, 2.24) is 9.55 Å². The van der Waals surface area contributed by atoms with Crippen molar-refractivity contribution >= 4 is 35.0 Å². The van der Waals surface area contributed by atoms with Gasteiger partial charge in [-0.1, -0.05) is 47.6 Å². The average Bonchev–Trinajstić information content (AvgIpc) is 3.07. The second kappa shape index (κ2) is 7.76. The van der Waals surface area contributed by atoms with E-state index in [1.807, 2.05) is 61.0 Å². The number of aromatic nitrogens is 2. The Morgan fingerprint density at radius 1 is 1.24 bits per heavy atom. The molecule has 3 rings (SSSR count). The number of nitrogens with zero attached hydrogens (tertiary/aromatic N) is 2. The van der Waals surface area contributed by atoms with Crippen LogP contribution in [0.5, 0.6) is 0 Å². The minimum Gasteiger partial charge on any atom is -0.325 e. The van der Waals surface area contributed by atoms with Crippen molar-refractivity contribution in [3.05, 3.63) is 71.5 Å². The second-order valence-electron chi connectivity index (χ2n) is 5.62. The van der Waals surface area contributed by atoms with E-state index in [1.54, 1.807) is 18.3 Å². The van der Waals surface area contributed by atoms with Crippen LogP contribution in [0, 0.1) is 6.92 Å². The number of hydrogen-bond donors (Lipinski definition) is 1. The first-order chi connectivity index (χ1) is 12.0. The monoisotopic (exact) mass is 371 g/mol. The first-order valence-corrected chi connectivity index (χ1v) is 9.13. The summed E-state index contributed by atoms with van der Waals surface area (Å²) >= 11 is 7.43. The number of carbonyl (C=O) groups is 1. The number of thioether (sulfide) groups is 1. The van der Waals surface area contributed by atoms with E-state index in [0.717, 1.165) is 22.1 Å². The van der Waals surface area contributed by atoms with E-state index in [4.69, 9.17) is 11.6 Å². The molecule has 1 aromatic heterocycles. The molecule has 1 amide bonds. The molecule has 0 unspecified atom stereocenters. The fourth-order valence-electron chi connectivity index (χ4n) is 2.34. The molecule has 6 heteroatoms. The molecule has 2 aromatic carbocycles. The Morgan fingerprint density at radius 3 is 2.76 bits per heavy atom. The number of hydrogen-bond acceptors (Lipinski definition) is 3. The van der Waals surface area contributed by atoms with E-state index >= 15 is 0 Å². The molecular weight excluding hydrogens is 354 g/mol. The van der Waals surface area contributed by atoms with Crippen LogP contribution in [0.15, 0.2) is 66.1 Å². The number of amides is 1. The molecule has 4 nitrogen and oxygen atoms in total. The van der Waals surface area contributed by atoms with Crippen molar-refractivity contribution in [2.24, 2.45) is 0 Å². The molecule has 0 radical (unpaired) electrons. The first-order valence-electron chi connectivity index (χ1n) is 7.87. The largest absolute Gasteiger partial charge is 0.325 e. The Morgan fingerprint density at radius 2 is 2.00 bits per heavy atom. The molecule has 0 fully saturated rings. The summed E-state index contributed by atoms with van der Waals surface area (Å²) in [4.78, 5) is 16.9. The quantitative estimate of drug-likeness (QED) is 0.645. The maximum Gasteiger partial charge on any atom is 0.237 e. The lowest BCUT2D eigenvalue weighted by Gasteiger charge is -2.14. The molecule has 0 aliphatic rings. The zero-order chi connectivity index (χ0) is 17.8. The number of carbonyl (C=O) groups excluding carboxylic acids is 1. The highest BCUT2D eigenvalue weighted by Crippen LogP contribution is 2.26. The third-order valence-corrected chi connectivity index (χ3v) is 5.07. The highest BCUT2D eigenvalue weighted by molar-refractivity contribution is 8.00. The highest BCUT2D eigenvalue weighted by Gasteiger charge is 2.18. The third-order valence-electron chi connectivity index (χ3n) is 3.75. The van der Waals surface area contributed by atoms with Crippen LogP contribution < -0.4 is 5.32 Å². The molecule has 1 heterocycles. The molecule has 0 saturated heterocycles. The lowest BCUT2D eigenvalue weighted by molar-refractivity contribution is -0.115. The van der Waals surface area contributed by atoms with Gasteiger partial charge in [0.25, 0.3) is 0 Å². The predicted molar refractivity (Wildman–Crippen MR) is 104 cm³/mol. The van der Waals surface area contributed by atoms with E-state index in [-0.39, 0.29) is 11.2 Å². The smallest absolute Gasteiger partial charge is 0.237 e. The minimum atomic E-state index is -0.303. The van der Waals surface area contributed by atoms with Crippen LogP contribution in [0.1, 0.15) is 12.5 Å². The van der Waals surface area contributed by atoms with Gasteiger partial charge in [-0.25, -0.2) is 4.98 Å². The van der Waals surface area contributed by atoms with Crippen LogP contribution in [-0.4, -0.2) is 20.7 Å². The summed E-state index contributed by atoms with van der Waals surface area (Å²) < 4.78 is 1.97. The first kappa shape index (κ1) is 17.6. The number of imidazole rings is 1. The van der Waals surface area contributed by atoms with E-state index in [0.29, 0.717) is 5.02 Å². The fraction of sp³-hybridized carbons (Fsp3) is 0.158. The molecule has 0 aliphatic heterocycles. The van der Waals surface area contributed by atoms with Gasteiger partial charge in [0.1, 0.15) is 0 Å². The summed E-state index contributed by atoms with van der Waals surface area (Å²) in [5.41, 5.74) is 2.72. The Labute approximate surface area is 156 Å². The Bertz CT molecular complexity index is 879. The van der Waals surface area contributed by atoms with Crippen LogP contribution in [0.4, 0.5) is 5.69 Å². The zero-order valence-electron chi connectivity index (χ0n) is 13.9. The molecular formula is C19H18ClN3OS. The number of aryl methyl sites for hydroxylation is 1. The number of halogens is 1. The molecule has 0 bridgehead atoms. The maximum absolute atomic E-state index is 12.5. The van der Waals surface area contributed by atoms with Gasteiger partial charge in [0.05, 0.1) is 5.25 Å². The van der Waals surface area contributed by atoms with Crippen molar-refractivity contribution in [2.75, 3.05) is 5.32 Å². The highest BCUT2D eigenvalue weighted by atomic mass is 35.5. The van der Waals surface area contributed by atoms with Crippen molar-refractivity contribution in [2.45, 2.75) is 24.3 Å². The summed E-state index contributed by atoms with van der Waals surface area (Å²) in [6, 6.07) is 15.4. The van der Waals surface area contributed by atoms with Crippen molar-refractivity contribution < 1.29 is 4.79 Å². The Hall–Kier alpha value is -2.24. The third kappa shape index (κ3) is 4.24. The zero-order valence-corrected chi connectivity index (χ0v) is 15.5. The minimum absolute atomic E-state index is 0.0852. The summed E-state index contributed by atoms with van der Waals surface area (Å²) in [6.45, 7) is 3.80. The van der Waals surface area contributed by atoms with Crippen molar-refractivity contribution in [3.63, 3.8) is 0 Å². The van der Waals surface area contributed by atoms with Gasteiger partial charge in [-0.15, -0.1) is 0 Å². The van der Waals surface area contributed by atoms with Gasteiger partial charge in [0.15, 0.2) is 5.16 Å². The lowest BCUT2D eigenvalue weighted by atomic mass is 10.2. The Kier molecular flexibility index (Phi) is 5.46. The van der Waals surface area contributed by atoms with E-state index in [1.165, 1.54) is 11.8 Å². The molecule has 128 valence electrons. The van der Waals surface area contributed by atoms with Crippen LogP contribution in [-0.2, 0) is 4.79 Å². The lowest BCUT2D eigenvalue weighted by Crippen LogP contribution is -2.23. The SMILES string of the molecule is Cc1ccc(Cl)cc1NC(=O)[C@@H](C)Sc1nccn1-c1ccccc1. The summed E-state index contributed by atoms with van der Waals surface area (Å²) in [5, 5.41) is 4.01. The van der Waals surface area contributed by atoms with Gasteiger partial charge in [-0.2, -0.15) is 0 Å². The van der Waals surface area contributed by atoms with E-state index in [2.05, 4.69) is 10.3 Å². The normalized spacial score (nSPS) is 12.0. The van der Waals surface area contributed by atoms with Crippen molar-refractivity contribution in [3.8, 4) is 5.69 Å². The maximum atomic E-state index is 12.5.